The molecule has 0 saturated heterocycles. The predicted octanol–water partition coefficient (Wildman–Crippen LogP) is 3.36. The van der Waals surface area contributed by atoms with E-state index in [1.807, 2.05) is 31.3 Å². The predicted molar refractivity (Wildman–Crippen MR) is 84.8 cm³/mol. The third kappa shape index (κ3) is 6.52. The highest BCUT2D eigenvalue weighted by atomic mass is 16.5. The Morgan fingerprint density at radius 1 is 1.24 bits per heavy atom. The smallest absolute Gasteiger partial charge is 0.222 e. The molecule has 0 aliphatic rings. The van der Waals surface area contributed by atoms with Crippen LogP contribution in [0.15, 0.2) is 24.3 Å². The summed E-state index contributed by atoms with van der Waals surface area (Å²) in [6.45, 7) is 5.37. The van der Waals surface area contributed by atoms with E-state index in [2.05, 4.69) is 13.8 Å². The van der Waals surface area contributed by atoms with Crippen LogP contribution in [0.2, 0.25) is 0 Å². The van der Waals surface area contributed by atoms with E-state index in [4.69, 9.17) is 9.47 Å². The SMILES string of the molecule is CCCC(C)CC(=O)N(C)CCOc1ccc(OC)cc1. The number of rotatable bonds is 9. The molecule has 0 saturated carbocycles. The van der Waals surface area contributed by atoms with Gasteiger partial charge in [0.1, 0.15) is 18.1 Å². The van der Waals surface area contributed by atoms with Crippen LogP contribution in [0.1, 0.15) is 33.1 Å². The van der Waals surface area contributed by atoms with Gasteiger partial charge in [0.15, 0.2) is 0 Å². The van der Waals surface area contributed by atoms with Crippen molar-refractivity contribution in [3.63, 3.8) is 0 Å². The van der Waals surface area contributed by atoms with E-state index < -0.39 is 0 Å². The number of carbonyl (C=O) groups is 1. The summed E-state index contributed by atoms with van der Waals surface area (Å²) in [6, 6.07) is 7.45. The van der Waals surface area contributed by atoms with Crippen LogP contribution in [0.25, 0.3) is 0 Å². The van der Waals surface area contributed by atoms with Crippen molar-refractivity contribution in [2.45, 2.75) is 33.1 Å². The van der Waals surface area contributed by atoms with Crippen molar-refractivity contribution in [1.82, 2.24) is 4.90 Å². The van der Waals surface area contributed by atoms with E-state index in [9.17, 15) is 4.79 Å². The summed E-state index contributed by atoms with van der Waals surface area (Å²) in [6.07, 6.45) is 2.84. The zero-order valence-electron chi connectivity index (χ0n) is 13.6. The number of ether oxygens (including phenoxy) is 2. The number of carbonyl (C=O) groups excluding carboxylic acids is 1. The minimum Gasteiger partial charge on any atom is -0.497 e. The third-order valence-corrected chi connectivity index (χ3v) is 3.49. The van der Waals surface area contributed by atoms with E-state index >= 15 is 0 Å². The van der Waals surface area contributed by atoms with Gasteiger partial charge in [-0.25, -0.2) is 0 Å². The summed E-state index contributed by atoms with van der Waals surface area (Å²) in [4.78, 5) is 13.8. The molecular formula is C17H27NO3. The van der Waals surface area contributed by atoms with Gasteiger partial charge in [-0.3, -0.25) is 4.79 Å². The fraction of sp³-hybridized carbons (Fsp3) is 0.588. The molecule has 1 rings (SSSR count). The Kier molecular flexibility index (Phi) is 7.65. The second-order valence-electron chi connectivity index (χ2n) is 5.44. The van der Waals surface area contributed by atoms with Crippen LogP contribution in [0.5, 0.6) is 11.5 Å². The standard InChI is InChI=1S/C17H27NO3/c1-5-6-14(2)13-17(19)18(3)11-12-21-16-9-7-15(20-4)8-10-16/h7-10,14H,5-6,11-13H2,1-4H3. The molecule has 0 heterocycles. The summed E-state index contributed by atoms with van der Waals surface area (Å²) < 4.78 is 10.7. The van der Waals surface area contributed by atoms with Gasteiger partial charge < -0.3 is 14.4 Å². The van der Waals surface area contributed by atoms with E-state index in [1.54, 1.807) is 12.0 Å². The summed E-state index contributed by atoms with van der Waals surface area (Å²) in [7, 11) is 3.47. The van der Waals surface area contributed by atoms with E-state index in [1.165, 1.54) is 0 Å². The van der Waals surface area contributed by atoms with Gasteiger partial charge >= 0.3 is 0 Å². The molecule has 0 fully saturated rings. The number of hydrogen-bond donors (Lipinski definition) is 0. The first-order valence-corrected chi connectivity index (χ1v) is 7.57. The Balaban J connectivity index is 2.28. The molecular weight excluding hydrogens is 266 g/mol. The molecule has 1 amide bonds. The lowest BCUT2D eigenvalue weighted by Gasteiger charge is -2.19. The molecule has 21 heavy (non-hydrogen) atoms. The van der Waals surface area contributed by atoms with Crippen LogP contribution in [-0.4, -0.2) is 38.1 Å². The van der Waals surface area contributed by atoms with Gasteiger partial charge in [0.05, 0.1) is 13.7 Å². The highest BCUT2D eigenvalue weighted by Crippen LogP contribution is 2.17. The average molecular weight is 293 g/mol. The molecule has 0 spiro atoms. The first kappa shape index (κ1) is 17.3. The molecule has 1 aromatic carbocycles. The van der Waals surface area contributed by atoms with Crippen molar-refractivity contribution in [3.8, 4) is 11.5 Å². The fourth-order valence-corrected chi connectivity index (χ4v) is 2.15. The third-order valence-electron chi connectivity index (χ3n) is 3.49. The quantitative estimate of drug-likeness (QED) is 0.701. The van der Waals surface area contributed by atoms with Gasteiger partial charge in [-0.15, -0.1) is 0 Å². The molecule has 0 aliphatic carbocycles. The highest BCUT2D eigenvalue weighted by Gasteiger charge is 2.12. The molecule has 4 heteroatoms. The number of likely N-dealkylation sites (N-methyl/N-ethyl adjacent to an activating group) is 1. The number of nitrogens with zero attached hydrogens (tertiary/aromatic N) is 1. The zero-order chi connectivity index (χ0) is 15.7. The Hall–Kier alpha value is -1.71. The van der Waals surface area contributed by atoms with Crippen molar-refractivity contribution in [1.29, 1.82) is 0 Å². The fourth-order valence-electron chi connectivity index (χ4n) is 2.15. The van der Waals surface area contributed by atoms with Gasteiger partial charge in [0.2, 0.25) is 5.91 Å². The normalized spacial score (nSPS) is 11.8. The molecule has 1 unspecified atom stereocenters. The Labute approximate surface area is 128 Å². The monoisotopic (exact) mass is 293 g/mol. The van der Waals surface area contributed by atoms with Crippen LogP contribution < -0.4 is 9.47 Å². The maximum Gasteiger partial charge on any atom is 0.222 e. The first-order valence-electron chi connectivity index (χ1n) is 7.57. The molecule has 0 aromatic heterocycles. The lowest BCUT2D eigenvalue weighted by atomic mass is 10.0. The summed E-state index contributed by atoms with van der Waals surface area (Å²) in [5, 5.41) is 0. The van der Waals surface area contributed by atoms with Crippen LogP contribution in [0.3, 0.4) is 0 Å². The lowest BCUT2D eigenvalue weighted by Crippen LogP contribution is -2.31. The van der Waals surface area contributed by atoms with Crippen molar-refractivity contribution in [2.75, 3.05) is 27.3 Å². The first-order chi connectivity index (χ1) is 10.1. The second-order valence-corrected chi connectivity index (χ2v) is 5.44. The Morgan fingerprint density at radius 3 is 2.43 bits per heavy atom. The second kappa shape index (κ2) is 9.27. The number of amides is 1. The minimum absolute atomic E-state index is 0.189. The van der Waals surface area contributed by atoms with Crippen LogP contribution in [0, 0.1) is 5.92 Å². The van der Waals surface area contributed by atoms with Crippen molar-refractivity contribution in [2.24, 2.45) is 5.92 Å². The largest absolute Gasteiger partial charge is 0.497 e. The summed E-state index contributed by atoms with van der Waals surface area (Å²) in [5.74, 6) is 2.23. The Bertz CT molecular complexity index is 417. The van der Waals surface area contributed by atoms with Crippen molar-refractivity contribution < 1.29 is 14.3 Å². The molecule has 1 aromatic rings. The Morgan fingerprint density at radius 2 is 1.86 bits per heavy atom. The van der Waals surface area contributed by atoms with Crippen molar-refractivity contribution >= 4 is 5.91 Å². The number of hydrogen-bond acceptors (Lipinski definition) is 3. The minimum atomic E-state index is 0.189. The molecule has 1 atom stereocenters. The summed E-state index contributed by atoms with van der Waals surface area (Å²) in [5.41, 5.74) is 0. The van der Waals surface area contributed by atoms with Gasteiger partial charge in [0.25, 0.3) is 0 Å². The number of methoxy groups -OCH3 is 1. The number of benzene rings is 1. The molecule has 0 aliphatic heterocycles. The van der Waals surface area contributed by atoms with Gasteiger partial charge in [-0.05, 0) is 30.2 Å². The molecule has 0 N–H and O–H groups in total. The van der Waals surface area contributed by atoms with E-state index in [-0.39, 0.29) is 5.91 Å². The van der Waals surface area contributed by atoms with E-state index in [0.717, 1.165) is 24.3 Å². The van der Waals surface area contributed by atoms with Crippen LogP contribution in [-0.2, 0) is 4.79 Å². The molecule has 0 bridgehead atoms. The average Bonchev–Trinajstić information content (AvgIpc) is 2.48. The summed E-state index contributed by atoms with van der Waals surface area (Å²) >= 11 is 0. The zero-order valence-corrected chi connectivity index (χ0v) is 13.6. The van der Waals surface area contributed by atoms with Gasteiger partial charge in [-0.1, -0.05) is 26.7 Å². The lowest BCUT2D eigenvalue weighted by molar-refractivity contribution is -0.131. The molecule has 118 valence electrons. The van der Waals surface area contributed by atoms with Crippen molar-refractivity contribution in [3.05, 3.63) is 24.3 Å². The highest BCUT2D eigenvalue weighted by molar-refractivity contribution is 5.76. The van der Waals surface area contributed by atoms with Gasteiger partial charge in [-0.2, -0.15) is 0 Å². The maximum absolute atomic E-state index is 12.0. The molecule has 0 radical (unpaired) electrons. The molecule has 4 nitrogen and oxygen atoms in total. The topological polar surface area (TPSA) is 38.8 Å². The van der Waals surface area contributed by atoms with Gasteiger partial charge in [0, 0.05) is 13.5 Å². The van der Waals surface area contributed by atoms with E-state index in [0.29, 0.717) is 25.5 Å². The van der Waals surface area contributed by atoms with Crippen LogP contribution >= 0.6 is 0 Å². The maximum atomic E-state index is 12.0. The van der Waals surface area contributed by atoms with Crippen LogP contribution in [0.4, 0.5) is 0 Å².